The Balaban J connectivity index is 1.73. The van der Waals surface area contributed by atoms with E-state index >= 15 is 0 Å². The maximum absolute atomic E-state index is 13.4. The number of halogens is 1. The molecule has 1 aromatic heterocycles. The number of carbonyl (C=O) groups excluding carboxylic acids is 1. The third kappa shape index (κ3) is 2.36. The van der Waals surface area contributed by atoms with Crippen LogP contribution in [-0.2, 0) is 15.1 Å². The number of benzene rings is 1. The topological polar surface area (TPSA) is 90.0 Å². The summed E-state index contributed by atoms with van der Waals surface area (Å²) in [6.07, 6.45) is 4.23. The second kappa shape index (κ2) is 6.18. The lowest BCUT2D eigenvalue weighted by atomic mass is 9.76. The number of hydrogen-bond donors (Lipinski definition) is 1. The standard InChI is InChI=1S/C20H19ClN4O3/c1-25-18(26)20(24-19(25)22)14-8-11(12-7-13(21)10-23-9-12)4-5-15(14)28-16-3-2-6-27-17(16)20/h4-5,7-10,16-17H,2-3,6H2,1H3,(H2,22,24)/t16-,17-,20-/m0/s1. The van der Waals surface area contributed by atoms with Gasteiger partial charge in [0, 0.05) is 37.2 Å². The molecule has 8 heteroatoms. The molecule has 0 aliphatic carbocycles. The number of amides is 1. The minimum atomic E-state index is -1.24. The zero-order valence-corrected chi connectivity index (χ0v) is 16.0. The van der Waals surface area contributed by atoms with E-state index in [0.29, 0.717) is 22.9 Å². The van der Waals surface area contributed by atoms with Crippen molar-refractivity contribution in [2.24, 2.45) is 10.7 Å². The van der Waals surface area contributed by atoms with Crippen LogP contribution >= 0.6 is 11.6 Å². The van der Waals surface area contributed by atoms with Crippen LogP contribution in [-0.4, -0.2) is 47.6 Å². The van der Waals surface area contributed by atoms with Gasteiger partial charge in [0.2, 0.25) is 5.54 Å². The van der Waals surface area contributed by atoms with Crippen molar-refractivity contribution in [3.8, 4) is 16.9 Å². The van der Waals surface area contributed by atoms with Gasteiger partial charge in [-0.1, -0.05) is 17.7 Å². The highest BCUT2D eigenvalue weighted by Crippen LogP contribution is 2.49. The summed E-state index contributed by atoms with van der Waals surface area (Å²) in [4.78, 5) is 23.6. The number of nitrogens with zero attached hydrogens (tertiary/aromatic N) is 3. The van der Waals surface area contributed by atoms with E-state index in [9.17, 15) is 4.79 Å². The molecule has 1 spiro atoms. The number of pyridine rings is 1. The highest BCUT2D eigenvalue weighted by Gasteiger charge is 2.61. The molecule has 2 N–H and O–H groups in total. The average molecular weight is 399 g/mol. The fraction of sp³-hybridized carbons (Fsp3) is 0.350. The first-order valence-electron chi connectivity index (χ1n) is 9.18. The van der Waals surface area contributed by atoms with E-state index in [-0.39, 0.29) is 18.0 Å². The van der Waals surface area contributed by atoms with Crippen molar-refractivity contribution in [1.29, 1.82) is 0 Å². The minimum absolute atomic E-state index is 0.181. The van der Waals surface area contributed by atoms with Gasteiger partial charge in [0.05, 0.1) is 5.02 Å². The van der Waals surface area contributed by atoms with Gasteiger partial charge < -0.3 is 15.2 Å². The van der Waals surface area contributed by atoms with Crippen molar-refractivity contribution >= 4 is 23.5 Å². The van der Waals surface area contributed by atoms with E-state index in [2.05, 4.69) is 9.98 Å². The van der Waals surface area contributed by atoms with E-state index in [1.54, 1.807) is 19.4 Å². The fourth-order valence-electron chi connectivity index (χ4n) is 4.28. The number of nitrogens with two attached hydrogens (primary N) is 1. The molecule has 3 aliphatic rings. The van der Waals surface area contributed by atoms with Crippen LogP contribution in [0, 0.1) is 0 Å². The largest absolute Gasteiger partial charge is 0.487 e. The van der Waals surface area contributed by atoms with Gasteiger partial charge in [-0.3, -0.25) is 14.7 Å². The van der Waals surface area contributed by atoms with Crippen molar-refractivity contribution < 1.29 is 14.3 Å². The minimum Gasteiger partial charge on any atom is -0.487 e. The Morgan fingerprint density at radius 3 is 2.89 bits per heavy atom. The number of guanidine groups is 1. The van der Waals surface area contributed by atoms with E-state index < -0.39 is 11.6 Å². The number of fused-ring (bicyclic) bond motifs is 4. The molecule has 0 unspecified atom stereocenters. The number of ether oxygens (including phenoxy) is 2. The molecule has 4 heterocycles. The molecule has 1 fully saturated rings. The number of rotatable bonds is 1. The van der Waals surface area contributed by atoms with Crippen molar-refractivity contribution in [3.63, 3.8) is 0 Å². The Bertz CT molecular complexity index is 1010. The normalized spacial score (nSPS) is 28.6. The summed E-state index contributed by atoms with van der Waals surface area (Å²) in [7, 11) is 1.63. The summed E-state index contributed by atoms with van der Waals surface area (Å²) in [5.41, 5.74) is 7.18. The molecule has 0 radical (unpaired) electrons. The molecule has 28 heavy (non-hydrogen) atoms. The molecule has 5 rings (SSSR count). The van der Waals surface area contributed by atoms with Gasteiger partial charge in [-0.15, -0.1) is 0 Å². The number of aliphatic imine (C=N–C) groups is 1. The van der Waals surface area contributed by atoms with E-state index in [0.717, 1.165) is 24.0 Å². The Morgan fingerprint density at radius 1 is 1.29 bits per heavy atom. The van der Waals surface area contributed by atoms with Crippen LogP contribution in [0.3, 0.4) is 0 Å². The van der Waals surface area contributed by atoms with Crippen LogP contribution in [0.4, 0.5) is 0 Å². The van der Waals surface area contributed by atoms with Gasteiger partial charge in [-0.25, -0.2) is 4.99 Å². The molecule has 0 saturated carbocycles. The highest BCUT2D eigenvalue weighted by molar-refractivity contribution is 6.30. The van der Waals surface area contributed by atoms with E-state index in [4.69, 9.17) is 26.8 Å². The van der Waals surface area contributed by atoms with Crippen LogP contribution in [0.5, 0.6) is 5.75 Å². The first-order valence-corrected chi connectivity index (χ1v) is 9.55. The van der Waals surface area contributed by atoms with Gasteiger partial charge in [0.25, 0.3) is 5.91 Å². The number of aromatic nitrogens is 1. The van der Waals surface area contributed by atoms with E-state index in [1.165, 1.54) is 4.90 Å². The Labute approximate surface area is 167 Å². The van der Waals surface area contributed by atoms with Crippen molar-refractivity contribution in [2.45, 2.75) is 30.6 Å². The maximum atomic E-state index is 13.4. The van der Waals surface area contributed by atoms with Crippen molar-refractivity contribution in [1.82, 2.24) is 9.88 Å². The zero-order valence-electron chi connectivity index (χ0n) is 15.3. The van der Waals surface area contributed by atoms with Crippen molar-refractivity contribution in [3.05, 3.63) is 47.2 Å². The van der Waals surface area contributed by atoms with Crippen molar-refractivity contribution in [2.75, 3.05) is 13.7 Å². The summed E-state index contributed by atoms with van der Waals surface area (Å²) < 4.78 is 12.2. The van der Waals surface area contributed by atoms with Gasteiger partial charge in [-0.05, 0) is 36.6 Å². The Hall–Kier alpha value is -2.64. The first kappa shape index (κ1) is 17.5. The first-order chi connectivity index (χ1) is 13.5. The summed E-state index contributed by atoms with van der Waals surface area (Å²) in [5.74, 6) is 0.610. The van der Waals surface area contributed by atoms with Gasteiger partial charge >= 0.3 is 0 Å². The fourth-order valence-corrected chi connectivity index (χ4v) is 4.46. The maximum Gasteiger partial charge on any atom is 0.264 e. The monoisotopic (exact) mass is 398 g/mol. The summed E-state index contributed by atoms with van der Waals surface area (Å²) in [5, 5.41) is 0.538. The predicted molar refractivity (Wildman–Crippen MR) is 104 cm³/mol. The molecule has 1 amide bonds. The van der Waals surface area contributed by atoms with E-state index in [1.807, 2.05) is 24.3 Å². The van der Waals surface area contributed by atoms with Crippen LogP contribution in [0.1, 0.15) is 18.4 Å². The Kier molecular flexibility index (Phi) is 3.86. The second-order valence-electron chi connectivity index (χ2n) is 7.29. The molecule has 0 bridgehead atoms. The summed E-state index contributed by atoms with van der Waals surface area (Å²) in [6.45, 7) is 0.561. The third-order valence-corrected chi connectivity index (χ3v) is 5.86. The molecular formula is C20H19ClN4O3. The third-order valence-electron chi connectivity index (χ3n) is 5.65. The van der Waals surface area contributed by atoms with Crippen LogP contribution in [0.15, 0.2) is 41.7 Å². The molecule has 144 valence electrons. The predicted octanol–water partition coefficient (Wildman–Crippen LogP) is 2.32. The molecule has 1 saturated heterocycles. The van der Waals surface area contributed by atoms with Crippen LogP contribution in [0.2, 0.25) is 5.02 Å². The zero-order chi connectivity index (χ0) is 19.5. The molecular weight excluding hydrogens is 380 g/mol. The van der Waals surface area contributed by atoms with Gasteiger partial charge in [-0.2, -0.15) is 0 Å². The lowest BCUT2D eigenvalue weighted by Gasteiger charge is -2.45. The van der Waals surface area contributed by atoms with Gasteiger partial charge in [0.1, 0.15) is 18.0 Å². The lowest BCUT2D eigenvalue weighted by molar-refractivity contribution is -0.151. The number of hydrogen-bond acceptors (Lipinski definition) is 6. The summed E-state index contributed by atoms with van der Waals surface area (Å²) in [6, 6.07) is 7.53. The smallest absolute Gasteiger partial charge is 0.264 e. The summed E-state index contributed by atoms with van der Waals surface area (Å²) >= 11 is 6.10. The molecule has 1 aromatic carbocycles. The average Bonchev–Trinajstić information content (AvgIpc) is 2.93. The highest BCUT2D eigenvalue weighted by atomic mass is 35.5. The molecule has 7 nitrogen and oxygen atoms in total. The van der Waals surface area contributed by atoms with Crippen LogP contribution < -0.4 is 10.5 Å². The second-order valence-corrected chi connectivity index (χ2v) is 7.73. The lowest BCUT2D eigenvalue weighted by Crippen LogP contribution is -2.58. The quantitative estimate of drug-likeness (QED) is 0.796. The Morgan fingerprint density at radius 2 is 2.14 bits per heavy atom. The van der Waals surface area contributed by atoms with Gasteiger partial charge in [0.15, 0.2) is 5.96 Å². The number of likely N-dealkylation sites (N-methyl/N-ethyl adjacent to an activating group) is 1. The molecule has 3 aliphatic heterocycles. The molecule has 3 atom stereocenters. The SMILES string of the molecule is CN1C(=O)[C@]2(N=C1N)c1cc(-c3cncc(Cl)c3)ccc1O[C@H]1CCCO[C@@H]12. The molecule has 2 aromatic rings. The van der Waals surface area contributed by atoms with Crippen LogP contribution in [0.25, 0.3) is 11.1 Å². The number of carbonyl (C=O) groups is 1.